The number of carbonyl (C=O) groups is 2. The normalized spacial score (nSPS) is 34.5. The van der Waals surface area contributed by atoms with Crippen LogP contribution in [0.4, 0.5) is 0 Å². The molecule has 0 aromatic carbocycles. The van der Waals surface area contributed by atoms with Gasteiger partial charge in [0.1, 0.15) is 12.1 Å². The van der Waals surface area contributed by atoms with E-state index in [1.54, 1.807) is 4.90 Å². The molecule has 2 amide bonds. The maximum absolute atomic E-state index is 12.5. The van der Waals surface area contributed by atoms with E-state index in [4.69, 9.17) is 4.74 Å². The fraction of sp³-hybridized carbons (Fsp3) is 0.867. The lowest BCUT2D eigenvalue weighted by Crippen LogP contribution is -2.64. The summed E-state index contributed by atoms with van der Waals surface area (Å²) in [6.07, 6.45) is 4.60. The highest BCUT2D eigenvalue weighted by atomic mass is 16.5. The molecule has 0 aromatic rings. The lowest BCUT2D eigenvalue weighted by molar-refractivity contribution is -0.151. The Morgan fingerprint density at radius 3 is 2.60 bits per heavy atom. The molecule has 0 aromatic heterocycles. The van der Waals surface area contributed by atoms with Crippen molar-refractivity contribution in [2.75, 3.05) is 6.54 Å². The van der Waals surface area contributed by atoms with E-state index in [1.807, 2.05) is 13.8 Å². The molecule has 20 heavy (non-hydrogen) atoms. The molecular weight excluding hydrogens is 256 g/mol. The van der Waals surface area contributed by atoms with Gasteiger partial charge >= 0.3 is 0 Å². The van der Waals surface area contributed by atoms with Crippen LogP contribution < -0.4 is 5.32 Å². The van der Waals surface area contributed by atoms with Gasteiger partial charge in [0.25, 0.3) is 0 Å². The second kappa shape index (κ2) is 6.57. The zero-order chi connectivity index (χ0) is 14.7. The van der Waals surface area contributed by atoms with Crippen LogP contribution in [0.15, 0.2) is 0 Å². The number of nitrogens with one attached hydrogen (secondary N) is 1. The second-order valence-electron chi connectivity index (χ2n) is 5.91. The Labute approximate surface area is 121 Å². The number of amides is 2. The van der Waals surface area contributed by atoms with E-state index in [0.717, 1.165) is 25.7 Å². The number of piperazine rings is 1. The van der Waals surface area contributed by atoms with Gasteiger partial charge in [-0.3, -0.25) is 9.59 Å². The summed E-state index contributed by atoms with van der Waals surface area (Å²) in [4.78, 5) is 26.5. The molecule has 2 fully saturated rings. The molecular formula is C15H26N2O3. The van der Waals surface area contributed by atoms with Crippen molar-refractivity contribution < 1.29 is 14.3 Å². The van der Waals surface area contributed by atoms with Crippen molar-refractivity contribution in [1.82, 2.24) is 10.2 Å². The summed E-state index contributed by atoms with van der Waals surface area (Å²) in [6.45, 7) is 6.58. The molecule has 5 nitrogen and oxygen atoms in total. The van der Waals surface area contributed by atoms with Gasteiger partial charge in [0.05, 0.1) is 12.2 Å². The Morgan fingerprint density at radius 2 is 2.05 bits per heavy atom. The summed E-state index contributed by atoms with van der Waals surface area (Å²) >= 11 is 0. The summed E-state index contributed by atoms with van der Waals surface area (Å²) in [6, 6.07) is -0.691. The van der Waals surface area contributed by atoms with Crippen LogP contribution in [0.2, 0.25) is 0 Å². The van der Waals surface area contributed by atoms with Crippen LogP contribution in [0.1, 0.15) is 52.9 Å². The maximum atomic E-state index is 12.5. The number of nitrogens with zero attached hydrogens (tertiary/aromatic N) is 1. The van der Waals surface area contributed by atoms with Crippen LogP contribution in [-0.4, -0.2) is 47.6 Å². The Hall–Kier alpha value is -1.10. The lowest BCUT2D eigenvalue weighted by atomic mass is 10.0. The van der Waals surface area contributed by atoms with Crippen molar-refractivity contribution >= 4 is 11.8 Å². The molecule has 2 rings (SSSR count). The highest BCUT2D eigenvalue weighted by molar-refractivity contribution is 5.96. The van der Waals surface area contributed by atoms with Crippen LogP contribution in [0.25, 0.3) is 0 Å². The van der Waals surface area contributed by atoms with Crippen LogP contribution >= 0.6 is 0 Å². The first-order valence-corrected chi connectivity index (χ1v) is 7.83. The Kier molecular flexibility index (Phi) is 5.02. The number of rotatable bonds is 5. The number of ether oxygens (including phenoxy) is 1. The molecule has 1 N–H and O–H groups in total. The third-order valence-electron chi connectivity index (χ3n) is 4.27. The Morgan fingerprint density at radius 1 is 1.30 bits per heavy atom. The zero-order valence-electron chi connectivity index (χ0n) is 12.7. The topological polar surface area (TPSA) is 58.6 Å². The van der Waals surface area contributed by atoms with Crippen LogP contribution in [0, 0.1) is 0 Å². The van der Waals surface area contributed by atoms with Crippen LogP contribution in [-0.2, 0) is 14.3 Å². The standard InChI is InChI=1S/C15H26N2O3/c1-4-6-13-14(18)16-12(5-2)15(19)17(13)9-11-8-7-10(3)20-11/h10-13H,4-9H2,1-3H3,(H,16,18). The molecule has 0 aliphatic carbocycles. The molecule has 0 spiro atoms. The fourth-order valence-corrected chi connectivity index (χ4v) is 3.12. The Balaban J connectivity index is 2.09. The van der Waals surface area contributed by atoms with Gasteiger partial charge in [-0.15, -0.1) is 0 Å². The average Bonchev–Trinajstić information content (AvgIpc) is 2.83. The van der Waals surface area contributed by atoms with E-state index in [0.29, 0.717) is 13.0 Å². The first kappa shape index (κ1) is 15.3. The minimum Gasteiger partial charge on any atom is -0.373 e. The molecule has 2 saturated heterocycles. The predicted molar refractivity (Wildman–Crippen MR) is 76.2 cm³/mol. The molecule has 5 heteroatoms. The smallest absolute Gasteiger partial charge is 0.245 e. The van der Waals surface area contributed by atoms with E-state index in [2.05, 4.69) is 12.2 Å². The van der Waals surface area contributed by atoms with E-state index < -0.39 is 0 Å². The third kappa shape index (κ3) is 3.14. The SMILES string of the molecule is CCCC1C(=O)NC(CC)C(=O)N1CC1CCC(C)O1. The molecule has 0 radical (unpaired) electrons. The molecule has 4 unspecified atom stereocenters. The number of hydrogen-bond acceptors (Lipinski definition) is 3. The van der Waals surface area contributed by atoms with Gasteiger partial charge in [-0.1, -0.05) is 20.3 Å². The van der Waals surface area contributed by atoms with E-state index in [9.17, 15) is 9.59 Å². The monoisotopic (exact) mass is 282 g/mol. The van der Waals surface area contributed by atoms with Crippen molar-refractivity contribution in [1.29, 1.82) is 0 Å². The van der Waals surface area contributed by atoms with Crippen LogP contribution in [0.5, 0.6) is 0 Å². The Bertz CT molecular complexity index is 372. The summed E-state index contributed by atoms with van der Waals surface area (Å²) in [5, 5.41) is 2.84. The molecule has 2 aliphatic heterocycles. The van der Waals surface area contributed by atoms with Gasteiger partial charge in [0.2, 0.25) is 11.8 Å². The minimum absolute atomic E-state index is 0.00987. The highest BCUT2D eigenvalue weighted by Gasteiger charge is 2.40. The van der Waals surface area contributed by atoms with Crippen molar-refractivity contribution in [3.63, 3.8) is 0 Å². The first-order chi connectivity index (χ1) is 9.56. The van der Waals surface area contributed by atoms with Gasteiger partial charge in [-0.05, 0) is 32.6 Å². The average molecular weight is 282 g/mol. The first-order valence-electron chi connectivity index (χ1n) is 7.83. The summed E-state index contributed by atoms with van der Waals surface area (Å²) in [7, 11) is 0. The number of hydrogen-bond donors (Lipinski definition) is 1. The van der Waals surface area contributed by atoms with Crippen molar-refractivity contribution in [2.45, 2.75) is 77.2 Å². The lowest BCUT2D eigenvalue weighted by Gasteiger charge is -2.39. The maximum Gasteiger partial charge on any atom is 0.245 e. The largest absolute Gasteiger partial charge is 0.373 e. The summed E-state index contributed by atoms with van der Waals surface area (Å²) in [5.41, 5.74) is 0. The third-order valence-corrected chi connectivity index (χ3v) is 4.27. The van der Waals surface area contributed by atoms with Crippen LogP contribution in [0.3, 0.4) is 0 Å². The molecule has 0 saturated carbocycles. The highest BCUT2D eigenvalue weighted by Crippen LogP contribution is 2.23. The predicted octanol–water partition coefficient (Wildman–Crippen LogP) is 1.46. The van der Waals surface area contributed by atoms with Gasteiger partial charge in [0, 0.05) is 6.54 Å². The molecule has 2 heterocycles. The van der Waals surface area contributed by atoms with Gasteiger partial charge < -0.3 is 15.0 Å². The summed E-state index contributed by atoms with van der Waals surface area (Å²) in [5.74, 6) is 0.0399. The van der Waals surface area contributed by atoms with Gasteiger partial charge in [0.15, 0.2) is 0 Å². The number of carbonyl (C=O) groups excluding carboxylic acids is 2. The molecule has 2 aliphatic rings. The fourth-order valence-electron chi connectivity index (χ4n) is 3.12. The van der Waals surface area contributed by atoms with Gasteiger partial charge in [-0.25, -0.2) is 0 Å². The van der Waals surface area contributed by atoms with Gasteiger partial charge in [-0.2, -0.15) is 0 Å². The minimum atomic E-state index is -0.366. The van der Waals surface area contributed by atoms with E-state index in [-0.39, 0.29) is 36.1 Å². The van der Waals surface area contributed by atoms with E-state index in [1.165, 1.54) is 0 Å². The second-order valence-corrected chi connectivity index (χ2v) is 5.91. The summed E-state index contributed by atoms with van der Waals surface area (Å²) < 4.78 is 5.82. The van der Waals surface area contributed by atoms with Crippen molar-refractivity contribution in [3.05, 3.63) is 0 Å². The van der Waals surface area contributed by atoms with E-state index >= 15 is 0 Å². The molecule has 114 valence electrons. The quantitative estimate of drug-likeness (QED) is 0.830. The molecule has 0 bridgehead atoms. The van der Waals surface area contributed by atoms with Crippen molar-refractivity contribution in [2.24, 2.45) is 0 Å². The molecule has 4 atom stereocenters. The zero-order valence-corrected chi connectivity index (χ0v) is 12.7. The van der Waals surface area contributed by atoms with Crippen molar-refractivity contribution in [3.8, 4) is 0 Å².